The molecule has 1 saturated heterocycles. The molecule has 2 N–H and O–H groups in total. The number of hydrogen-bond acceptors (Lipinski definition) is 8. The van der Waals surface area contributed by atoms with E-state index < -0.39 is 18.1 Å². The predicted molar refractivity (Wildman–Crippen MR) is 121 cm³/mol. The quantitative estimate of drug-likeness (QED) is 0.379. The number of hydrogen-bond donors (Lipinski definition) is 2. The zero-order valence-electron chi connectivity index (χ0n) is 19.3. The fourth-order valence-electron chi connectivity index (χ4n) is 3.73. The van der Waals surface area contributed by atoms with Gasteiger partial charge in [-0.1, -0.05) is 26.7 Å². The van der Waals surface area contributed by atoms with Crippen LogP contribution in [0.1, 0.15) is 74.5 Å². The molecule has 178 valence electrons. The molecule has 1 aromatic rings. The molecule has 0 spiro atoms. The van der Waals surface area contributed by atoms with Crippen LogP contribution in [-0.2, 0) is 19.1 Å². The van der Waals surface area contributed by atoms with Gasteiger partial charge in [0.05, 0.1) is 6.04 Å². The lowest BCUT2D eigenvalue weighted by Crippen LogP contribution is -2.56. The Morgan fingerprint density at radius 2 is 2.12 bits per heavy atom. The predicted octanol–water partition coefficient (Wildman–Crippen LogP) is 2.08. The van der Waals surface area contributed by atoms with Crippen molar-refractivity contribution in [3.05, 3.63) is 16.1 Å². The molecule has 3 unspecified atom stereocenters. The molecule has 1 aliphatic heterocycles. The smallest absolute Gasteiger partial charge is 0.303 e. The molecule has 10 heteroatoms. The first-order valence-electron chi connectivity index (χ1n) is 11.1. The number of carbonyl (C=O) groups excluding carboxylic acids is 4. The molecule has 0 saturated carbocycles. The van der Waals surface area contributed by atoms with Crippen LogP contribution in [-0.4, -0.2) is 66.2 Å². The summed E-state index contributed by atoms with van der Waals surface area (Å²) >= 11 is 1.23. The molecule has 32 heavy (non-hydrogen) atoms. The van der Waals surface area contributed by atoms with E-state index in [1.165, 1.54) is 18.3 Å². The van der Waals surface area contributed by atoms with Crippen molar-refractivity contribution in [2.75, 3.05) is 20.1 Å². The second kappa shape index (κ2) is 12.6. The van der Waals surface area contributed by atoms with Gasteiger partial charge in [0, 0.05) is 25.3 Å². The lowest BCUT2D eigenvalue weighted by atomic mass is 9.96. The summed E-state index contributed by atoms with van der Waals surface area (Å²) in [5.41, 5.74) is 0.276. The number of amides is 2. The van der Waals surface area contributed by atoms with Crippen molar-refractivity contribution >= 4 is 35.4 Å². The second-order valence-corrected chi connectivity index (χ2v) is 9.16. The largest absolute Gasteiger partial charge is 0.455 e. The first-order chi connectivity index (χ1) is 15.3. The minimum Gasteiger partial charge on any atom is -0.455 e. The number of likely N-dealkylation sites (N-methyl/N-ethyl adjacent to an activating group) is 1. The lowest BCUT2D eigenvalue weighted by molar-refractivity contribution is -0.147. The number of carbonyl (C=O) groups is 4. The number of nitrogens with one attached hydrogen (secondary N) is 2. The van der Waals surface area contributed by atoms with E-state index >= 15 is 0 Å². The summed E-state index contributed by atoms with van der Waals surface area (Å²) < 4.78 is 5.33. The van der Waals surface area contributed by atoms with Crippen molar-refractivity contribution in [2.45, 2.75) is 71.1 Å². The van der Waals surface area contributed by atoms with E-state index in [9.17, 15) is 19.2 Å². The maximum atomic E-state index is 12.9. The van der Waals surface area contributed by atoms with Crippen molar-refractivity contribution in [1.29, 1.82) is 0 Å². The monoisotopic (exact) mass is 466 g/mol. The number of nitrogens with zero attached hydrogens (tertiary/aromatic N) is 2. The van der Waals surface area contributed by atoms with Gasteiger partial charge in [-0.3, -0.25) is 24.1 Å². The van der Waals surface area contributed by atoms with Crippen molar-refractivity contribution in [3.8, 4) is 0 Å². The van der Waals surface area contributed by atoms with Gasteiger partial charge in [0.25, 0.3) is 0 Å². The zero-order valence-corrected chi connectivity index (χ0v) is 20.1. The molecule has 0 bridgehead atoms. The Hall–Kier alpha value is -2.33. The second-order valence-electron chi connectivity index (χ2n) is 8.27. The van der Waals surface area contributed by atoms with Gasteiger partial charge < -0.3 is 15.4 Å². The van der Waals surface area contributed by atoms with Gasteiger partial charge in [-0.25, -0.2) is 4.98 Å². The minimum atomic E-state index is -0.654. The summed E-state index contributed by atoms with van der Waals surface area (Å²) in [4.78, 5) is 54.3. The maximum Gasteiger partial charge on any atom is 0.303 e. The SMILES string of the molecule is CCC(C)C(NC(=O)C1CCCCN1C)C(=O)NCC[C@@H](OC(C)=O)c1nc(C=O)cs1. The van der Waals surface area contributed by atoms with Gasteiger partial charge >= 0.3 is 5.97 Å². The summed E-state index contributed by atoms with van der Waals surface area (Å²) in [6.45, 7) is 6.33. The molecule has 0 aliphatic carbocycles. The third-order valence-corrected chi connectivity index (χ3v) is 6.77. The van der Waals surface area contributed by atoms with Crippen LogP contribution in [0, 0.1) is 5.92 Å². The summed E-state index contributed by atoms with van der Waals surface area (Å²) in [6, 6.07) is -0.857. The number of ether oxygens (including phenoxy) is 1. The van der Waals surface area contributed by atoms with Gasteiger partial charge in [0.1, 0.15) is 16.7 Å². The van der Waals surface area contributed by atoms with Gasteiger partial charge in [-0.2, -0.15) is 0 Å². The highest BCUT2D eigenvalue weighted by Gasteiger charge is 2.32. The van der Waals surface area contributed by atoms with Crippen LogP contribution < -0.4 is 10.6 Å². The lowest BCUT2D eigenvalue weighted by Gasteiger charge is -2.33. The fourth-order valence-corrected chi connectivity index (χ4v) is 4.56. The average Bonchev–Trinajstić information content (AvgIpc) is 3.25. The highest BCUT2D eigenvalue weighted by atomic mass is 32.1. The van der Waals surface area contributed by atoms with Crippen LogP contribution in [0.3, 0.4) is 0 Å². The Balaban J connectivity index is 1.98. The Bertz CT molecular complexity index is 799. The van der Waals surface area contributed by atoms with Crippen LogP contribution in [0.15, 0.2) is 5.38 Å². The Morgan fingerprint density at radius 1 is 1.38 bits per heavy atom. The summed E-state index contributed by atoms with van der Waals surface area (Å²) in [7, 11) is 1.94. The summed E-state index contributed by atoms with van der Waals surface area (Å²) in [5, 5.41) is 7.91. The van der Waals surface area contributed by atoms with E-state index in [0.717, 1.165) is 32.2 Å². The normalized spacial score (nSPS) is 19.4. The summed E-state index contributed by atoms with van der Waals surface area (Å²) in [6.07, 6.45) is 3.90. The first kappa shape index (κ1) is 25.9. The Morgan fingerprint density at radius 3 is 2.72 bits per heavy atom. The maximum absolute atomic E-state index is 12.9. The van der Waals surface area contributed by atoms with Crippen LogP contribution in [0.5, 0.6) is 0 Å². The van der Waals surface area contributed by atoms with Crippen molar-refractivity contribution in [1.82, 2.24) is 20.5 Å². The van der Waals surface area contributed by atoms with E-state index in [4.69, 9.17) is 4.74 Å². The molecule has 4 atom stereocenters. The standard InChI is InChI=1S/C22H34N4O5S/c1-5-14(2)19(25-20(29)17-8-6-7-11-26(17)4)21(30)23-10-9-18(31-15(3)28)22-24-16(12-27)13-32-22/h12-14,17-19H,5-11H2,1-4H3,(H,23,30)(H,25,29)/t14?,17?,18-,19?/m1/s1. The minimum absolute atomic E-state index is 0.0359. The van der Waals surface area contributed by atoms with E-state index in [1.807, 2.05) is 25.8 Å². The molecule has 0 radical (unpaired) electrons. The number of piperidine rings is 1. The fraction of sp³-hybridized carbons (Fsp3) is 0.682. The van der Waals surface area contributed by atoms with Crippen LogP contribution in [0.2, 0.25) is 0 Å². The molecular formula is C22H34N4O5S. The molecule has 0 aromatic carbocycles. The molecule has 2 amide bonds. The molecule has 9 nitrogen and oxygen atoms in total. The van der Waals surface area contributed by atoms with Crippen molar-refractivity contribution in [2.24, 2.45) is 5.92 Å². The number of likely N-dealkylation sites (tertiary alicyclic amines) is 1. The van der Waals surface area contributed by atoms with Crippen LogP contribution >= 0.6 is 11.3 Å². The van der Waals surface area contributed by atoms with Crippen molar-refractivity contribution < 1.29 is 23.9 Å². The van der Waals surface area contributed by atoms with Gasteiger partial charge in [-0.05, 0) is 32.4 Å². The number of aromatic nitrogens is 1. The number of rotatable bonds is 11. The highest BCUT2D eigenvalue weighted by Crippen LogP contribution is 2.24. The molecule has 1 aromatic heterocycles. The van der Waals surface area contributed by atoms with Gasteiger partial charge in [-0.15, -0.1) is 11.3 Å². The third-order valence-electron chi connectivity index (χ3n) is 5.82. The number of esters is 1. The number of thiazole rings is 1. The molecule has 1 fully saturated rings. The average molecular weight is 467 g/mol. The molecule has 1 aliphatic rings. The Kier molecular flexibility index (Phi) is 10.2. The van der Waals surface area contributed by atoms with Crippen LogP contribution in [0.25, 0.3) is 0 Å². The molecular weight excluding hydrogens is 432 g/mol. The van der Waals surface area contributed by atoms with Crippen LogP contribution in [0.4, 0.5) is 0 Å². The van der Waals surface area contributed by atoms with Gasteiger partial charge in [0.15, 0.2) is 12.4 Å². The van der Waals surface area contributed by atoms with Gasteiger partial charge in [0.2, 0.25) is 11.8 Å². The topological polar surface area (TPSA) is 118 Å². The van der Waals surface area contributed by atoms with E-state index in [-0.39, 0.29) is 36.0 Å². The third kappa shape index (κ3) is 7.37. The zero-order chi connectivity index (χ0) is 23.7. The Labute approximate surface area is 193 Å². The molecule has 2 rings (SSSR count). The van der Waals surface area contributed by atoms with Crippen molar-refractivity contribution in [3.63, 3.8) is 0 Å². The highest BCUT2D eigenvalue weighted by molar-refractivity contribution is 7.09. The molecule has 2 heterocycles. The first-order valence-corrected chi connectivity index (χ1v) is 12.0. The van der Waals surface area contributed by atoms with E-state index in [1.54, 1.807) is 5.38 Å². The number of aldehydes is 1. The van der Waals surface area contributed by atoms with E-state index in [0.29, 0.717) is 17.7 Å². The van der Waals surface area contributed by atoms with E-state index in [2.05, 4.69) is 15.6 Å². The summed E-state index contributed by atoms with van der Waals surface area (Å²) in [5.74, 6) is -0.883.